The summed E-state index contributed by atoms with van der Waals surface area (Å²) in [6, 6.07) is 31.3. The Labute approximate surface area is 248 Å². The fraction of sp³-hybridized carbons (Fsp3) is 0.200. The van der Waals surface area contributed by atoms with Gasteiger partial charge in [-0.1, -0.05) is 67.6 Å². The van der Waals surface area contributed by atoms with Gasteiger partial charge in [-0.3, -0.25) is 9.59 Å². The molecule has 1 aromatic heterocycles. The van der Waals surface area contributed by atoms with Gasteiger partial charge in [-0.15, -0.1) is 0 Å². The van der Waals surface area contributed by atoms with Crippen molar-refractivity contribution in [1.82, 2.24) is 9.97 Å². The van der Waals surface area contributed by atoms with Crippen LogP contribution in [0.15, 0.2) is 102 Å². The van der Waals surface area contributed by atoms with Crippen LogP contribution >= 0.6 is 0 Å². The summed E-state index contributed by atoms with van der Waals surface area (Å²) in [5.74, 6) is -0.655. The fourth-order valence-corrected chi connectivity index (χ4v) is 7.42. The SMILES string of the molecule is CCCOc1ccc(N2C(=O)[C@@H]3C4c5ccccc5C(/C=N\Nc5nc6ccccc6[nH]5)(c5ccccc54)[C@@H]3C2=O)cc1. The van der Waals surface area contributed by atoms with E-state index in [9.17, 15) is 9.59 Å². The number of imide groups is 1. The monoisotopic (exact) mass is 567 g/mol. The van der Waals surface area contributed by atoms with E-state index < -0.39 is 17.3 Å². The minimum absolute atomic E-state index is 0.186. The Morgan fingerprint density at radius 1 is 0.907 bits per heavy atom. The highest BCUT2D eigenvalue weighted by atomic mass is 16.5. The van der Waals surface area contributed by atoms with Crippen molar-refractivity contribution in [2.45, 2.75) is 24.7 Å². The number of anilines is 2. The molecule has 2 atom stereocenters. The second-order valence-corrected chi connectivity index (χ2v) is 11.4. The molecule has 5 aromatic rings. The van der Waals surface area contributed by atoms with Gasteiger partial charge in [0.1, 0.15) is 5.75 Å². The molecule has 1 aliphatic heterocycles. The number of ether oxygens (including phenoxy) is 1. The molecule has 2 heterocycles. The van der Waals surface area contributed by atoms with Crippen LogP contribution in [0.1, 0.15) is 41.5 Å². The minimum Gasteiger partial charge on any atom is -0.494 e. The topological polar surface area (TPSA) is 99.7 Å². The highest BCUT2D eigenvalue weighted by Crippen LogP contribution is 2.63. The molecule has 1 saturated heterocycles. The Morgan fingerprint density at radius 3 is 2.28 bits per heavy atom. The molecular formula is C35H29N5O3. The number of carbonyl (C=O) groups is 2. The molecule has 8 nitrogen and oxygen atoms in total. The van der Waals surface area contributed by atoms with E-state index in [1.54, 1.807) is 12.1 Å². The van der Waals surface area contributed by atoms with Gasteiger partial charge in [-0.2, -0.15) is 5.10 Å². The maximum absolute atomic E-state index is 14.5. The number of hydrogen-bond acceptors (Lipinski definition) is 6. The number of H-pyrrole nitrogens is 1. The van der Waals surface area contributed by atoms with E-state index in [4.69, 9.17) is 9.84 Å². The van der Waals surface area contributed by atoms with Crippen molar-refractivity contribution in [2.24, 2.45) is 16.9 Å². The van der Waals surface area contributed by atoms with E-state index in [0.717, 1.165) is 39.7 Å². The lowest BCUT2D eigenvalue weighted by Crippen LogP contribution is -2.54. The average molecular weight is 568 g/mol. The molecule has 212 valence electrons. The molecular weight excluding hydrogens is 538 g/mol. The van der Waals surface area contributed by atoms with Crippen LogP contribution in [0.4, 0.5) is 11.6 Å². The Kier molecular flexibility index (Phi) is 5.72. The number of benzene rings is 4. The van der Waals surface area contributed by atoms with Gasteiger partial charge in [-0.05, 0) is 65.1 Å². The first-order chi connectivity index (χ1) is 21.1. The third kappa shape index (κ3) is 3.62. The number of hydrazone groups is 1. The van der Waals surface area contributed by atoms with E-state index >= 15 is 0 Å². The molecule has 4 aliphatic rings. The molecule has 3 aliphatic carbocycles. The predicted molar refractivity (Wildman–Crippen MR) is 165 cm³/mol. The van der Waals surface area contributed by atoms with Crippen LogP contribution in [0.5, 0.6) is 5.75 Å². The smallest absolute Gasteiger partial charge is 0.239 e. The van der Waals surface area contributed by atoms with Crippen molar-refractivity contribution < 1.29 is 14.3 Å². The number of aromatic amines is 1. The van der Waals surface area contributed by atoms with Crippen molar-refractivity contribution in [2.75, 3.05) is 16.9 Å². The maximum atomic E-state index is 14.5. The second kappa shape index (κ2) is 9.66. The summed E-state index contributed by atoms with van der Waals surface area (Å²) in [5.41, 5.74) is 8.50. The molecule has 2 bridgehead atoms. The van der Waals surface area contributed by atoms with E-state index in [0.29, 0.717) is 24.0 Å². The standard InChI is InChI=1S/C35H29N5O3/c1-2-19-43-22-17-15-21(16-18-22)40-32(41)30-29-23-9-3-5-11-25(23)35(31(30)33(40)42,26-12-6-4-10-24(26)29)20-36-39-34-37-27-13-7-8-14-28(27)38-34/h3-18,20,29-31H,2,19H2,1H3,(H2,37,38,39)/b36-20-/t29?,30-,31+,35?/m1/s1. The summed E-state index contributed by atoms with van der Waals surface area (Å²) >= 11 is 0. The summed E-state index contributed by atoms with van der Waals surface area (Å²) in [6.07, 6.45) is 2.72. The summed E-state index contributed by atoms with van der Waals surface area (Å²) in [5, 5.41) is 4.72. The molecule has 0 unspecified atom stereocenters. The first-order valence-corrected chi connectivity index (χ1v) is 14.7. The number of nitrogens with one attached hydrogen (secondary N) is 2. The van der Waals surface area contributed by atoms with E-state index in [2.05, 4.69) is 39.7 Å². The zero-order valence-electron chi connectivity index (χ0n) is 23.5. The molecule has 43 heavy (non-hydrogen) atoms. The normalized spacial score (nSPS) is 23.5. The van der Waals surface area contributed by atoms with Gasteiger partial charge in [0.2, 0.25) is 17.8 Å². The third-order valence-corrected chi connectivity index (χ3v) is 9.08. The van der Waals surface area contributed by atoms with E-state index in [1.807, 2.05) is 73.8 Å². The number of aromatic nitrogens is 2. The molecule has 4 aromatic carbocycles. The van der Waals surface area contributed by atoms with Crippen LogP contribution in [0.2, 0.25) is 0 Å². The van der Waals surface area contributed by atoms with Gasteiger partial charge < -0.3 is 9.72 Å². The number of imidazole rings is 1. The molecule has 8 heteroatoms. The number of fused-ring (bicyclic) bond motifs is 1. The van der Waals surface area contributed by atoms with Gasteiger partial charge in [0.05, 0.1) is 40.6 Å². The average Bonchev–Trinajstić information content (AvgIpc) is 3.58. The van der Waals surface area contributed by atoms with Crippen LogP contribution in [0, 0.1) is 11.8 Å². The third-order valence-electron chi connectivity index (χ3n) is 9.08. The first-order valence-electron chi connectivity index (χ1n) is 14.7. The fourth-order valence-electron chi connectivity index (χ4n) is 7.42. The molecule has 0 spiro atoms. The Morgan fingerprint density at radius 2 is 1.58 bits per heavy atom. The Balaban J connectivity index is 1.26. The summed E-state index contributed by atoms with van der Waals surface area (Å²) in [7, 11) is 0. The van der Waals surface area contributed by atoms with Crippen molar-refractivity contribution in [3.8, 4) is 5.75 Å². The number of hydrogen-bond donors (Lipinski definition) is 2. The summed E-state index contributed by atoms with van der Waals surface area (Å²) in [6.45, 7) is 2.65. The molecule has 2 N–H and O–H groups in total. The predicted octanol–water partition coefficient (Wildman–Crippen LogP) is 6.00. The van der Waals surface area contributed by atoms with Crippen LogP contribution in [-0.2, 0) is 15.0 Å². The highest BCUT2D eigenvalue weighted by molar-refractivity contribution is 6.25. The number of carbonyl (C=O) groups excluding carboxylic acids is 2. The van der Waals surface area contributed by atoms with E-state index in [-0.39, 0.29) is 17.7 Å². The van der Waals surface area contributed by atoms with Crippen LogP contribution in [-0.4, -0.2) is 34.6 Å². The molecule has 2 amide bonds. The van der Waals surface area contributed by atoms with Crippen LogP contribution in [0.3, 0.4) is 0 Å². The molecule has 0 saturated carbocycles. The number of rotatable bonds is 7. The lowest BCUT2D eigenvalue weighted by molar-refractivity contribution is -0.122. The molecule has 1 fully saturated rings. The second-order valence-electron chi connectivity index (χ2n) is 11.4. The van der Waals surface area contributed by atoms with Gasteiger partial charge in [0.15, 0.2) is 0 Å². The van der Waals surface area contributed by atoms with Crippen molar-refractivity contribution in [1.29, 1.82) is 0 Å². The van der Waals surface area contributed by atoms with Gasteiger partial charge in [-0.25, -0.2) is 15.3 Å². The minimum atomic E-state index is -0.961. The first kappa shape index (κ1) is 25.5. The summed E-state index contributed by atoms with van der Waals surface area (Å²) < 4.78 is 5.75. The number of amides is 2. The summed E-state index contributed by atoms with van der Waals surface area (Å²) in [4.78, 5) is 38.1. The number of para-hydroxylation sites is 2. The van der Waals surface area contributed by atoms with Crippen molar-refractivity contribution >= 4 is 40.7 Å². The zero-order valence-corrected chi connectivity index (χ0v) is 23.5. The Bertz CT molecular complexity index is 1850. The van der Waals surface area contributed by atoms with Crippen LogP contribution < -0.4 is 15.1 Å². The lowest BCUT2D eigenvalue weighted by Gasteiger charge is -2.52. The quantitative estimate of drug-likeness (QED) is 0.143. The van der Waals surface area contributed by atoms with Crippen molar-refractivity contribution in [3.05, 3.63) is 119 Å². The molecule has 9 rings (SSSR count). The van der Waals surface area contributed by atoms with Crippen LogP contribution in [0.25, 0.3) is 11.0 Å². The number of nitrogens with zero attached hydrogens (tertiary/aromatic N) is 3. The maximum Gasteiger partial charge on any atom is 0.239 e. The highest BCUT2D eigenvalue weighted by Gasteiger charge is 2.68. The lowest BCUT2D eigenvalue weighted by atomic mass is 9.47. The van der Waals surface area contributed by atoms with E-state index in [1.165, 1.54) is 4.90 Å². The van der Waals surface area contributed by atoms with Gasteiger partial charge in [0, 0.05) is 12.1 Å². The van der Waals surface area contributed by atoms with Gasteiger partial charge >= 0.3 is 0 Å². The van der Waals surface area contributed by atoms with Crippen molar-refractivity contribution in [3.63, 3.8) is 0 Å². The molecule has 0 radical (unpaired) electrons. The largest absolute Gasteiger partial charge is 0.494 e. The Hall–Kier alpha value is -5.24. The van der Waals surface area contributed by atoms with Gasteiger partial charge in [0.25, 0.3) is 0 Å². The zero-order chi connectivity index (χ0) is 29.1.